The van der Waals surface area contributed by atoms with E-state index >= 15 is 0 Å². The zero-order chi connectivity index (χ0) is 13.1. The summed E-state index contributed by atoms with van der Waals surface area (Å²) in [4.78, 5) is 3.33. The first-order chi connectivity index (χ1) is 7.78. The molecule has 0 radical (unpaired) electrons. The van der Waals surface area contributed by atoms with Crippen LogP contribution in [0.3, 0.4) is 0 Å². The van der Waals surface area contributed by atoms with Gasteiger partial charge in [-0.15, -0.1) is 0 Å². The second-order valence-electron chi connectivity index (χ2n) is 4.48. The van der Waals surface area contributed by atoms with E-state index in [-0.39, 0.29) is 6.04 Å². The fourth-order valence-corrected chi connectivity index (χ4v) is 2.12. The number of hydrogen-bond acceptors (Lipinski definition) is 2. The van der Waals surface area contributed by atoms with E-state index in [2.05, 4.69) is 5.32 Å². The van der Waals surface area contributed by atoms with Gasteiger partial charge in [-0.3, -0.25) is 4.90 Å². The van der Waals surface area contributed by atoms with Gasteiger partial charge in [0.05, 0.1) is 6.54 Å². The number of hydrogen-bond donors (Lipinski definition) is 1. The molecule has 0 aromatic rings. The molecule has 3 nitrogen and oxygen atoms in total. The lowest BCUT2D eigenvalue weighted by Crippen LogP contribution is -2.54. The topological polar surface area (TPSA) is 18.5 Å². The molecule has 1 saturated heterocycles. The van der Waals surface area contributed by atoms with Crippen molar-refractivity contribution < 1.29 is 13.2 Å². The summed E-state index contributed by atoms with van der Waals surface area (Å²) in [6.07, 6.45) is -4.11. The van der Waals surface area contributed by atoms with Crippen LogP contribution in [-0.2, 0) is 0 Å². The second-order valence-corrected chi connectivity index (χ2v) is 4.87. The van der Waals surface area contributed by atoms with Crippen molar-refractivity contribution in [1.29, 1.82) is 0 Å². The molecular weight excluding hydrogens is 251 g/mol. The average molecular weight is 269 g/mol. The van der Waals surface area contributed by atoms with Gasteiger partial charge >= 0.3 is 6.18 Å². The molecule has 0 aromatic heterocycles. The molecule has 0 atom stereocenters. The smallest absolute Gasteiger partial charge is 0.360 e. The molecule has 0 saturated carbocycles. The van der Waals surface area contributed by atoms with Crippen LogP contribution in [-0.4, -0.2) is 59.9 Å². The van der Waals surface area contributed by atoms with Crippen molar-refractivity contribution >= 4 is 17.3 Å². The number of thiocarbonyl (C=S) groups is 1. The highest BCUT2D eigenvalue weighted by molar-refractivity contribution is 7.80. The number of halogens is 3. The van der Waals surface area contributed by atoms with Crippen molar-refractivity contribution in [1.82, 2.24) is 15.1 Å². The number of nitrogens with zero attached hydrogens (tertiary/aromatic N) is 2. The minimum absolute atomic E-state index is 0.246. The summed E-state index contributed by atoms with van der Waals surface area (Å²) in [5.74, 6) is 0. The summed E-state index contributed by atoms with van der Waals surface area (Å²) >= 11 is 5.17. The van der Waals surface area contributed by atoms with E-state index in [0.29, 0.717) is 31.3 Å². The van der Waals surface area contributed by atoms with Crippen LogP contribution in [0, 0.1) is 0 Å². The van der Waals surface area contributed by atoms with Gasteiger partial charge in [-0.05, 0) is 26.1 Å². The maximum Gasteiger partial charge on any atom is 0.401 e. The normalized spacial score (nSPS) is 18.6. The van der Waals surface area contributed by atoms with Gasteiger partial charge in [0.25, 0.3) is 0 Å². The monoisotopic (exact) mass is 269 g/mol. The van der Waals surface area contributed by atoms with Crippen LogP contribution in [0.5, 0.6) is 0 Å². The van der Waals surface area contributed by atoms with Crippen molar-refractivity contribution in [3.8, 4) is 0 Å². The quantitative estimate of drug-likeness (QED) is 0.765. The van der Waals surface area contributed by atoms with E-state index in [9.17, 15) is 13.2 Å². The Morgan fingerprint density at radius 1 is 1.24 bits per heavy atom. The maximum atomic E-state index is 12.2. The summed E-state index contributed by atoms with van der Waals surface area (Å²) in [6, 6.07) is 0.246. The highest BCUT2D eigenvalue weighted by atomic mass is 32.1. The zero-order valence-corrected chi connectivity index (χ0v) is 10.9. The molecule has 7 heteroatoms. The molecule has 17 heavy (non-hydrogen) atoms. The van der Waals surface area contributed by atoms with Crippen molar-refractivity contribution in [2.75, 3.05) is 32.7 Å². The minimum Gasteiger partial charge on any atom is -0.360 e. The molecule has 1 aliphatic rings. The Labute approximate surface area is 105 Å². The number of rotatable bonds is 2. The van der Waals surface area contributed by atoms with E-state index in [0.717, 1.165) is 0 Å². The summed E-state index contributed by atoms with van der Waals surface area (Å²) in [5, 5.41) is 3.72. The zero-order valence-electron chi connectivity index (χ0n) is 10.0. The van der Waals surface area contributed by atoms with Gasteiger partial charge in [0.1, 0.15) is 0 Å². The first-order valence-corrected chi connectivity index (χ1v) is 6.03. The fourth-order valence-electron chi connectivity index (χ4n) is 1.70. The van der Waals surface area contributed by atoms with Gasteiger partial charge in [0.15, 0.2) is 5.11 Å². The van der Waals surface area contributed by atoms with Crippen molar-refractivity contribution in [2.45, 2.75) is 26.1 Å². The maximum absolute atomic E-state index is 12.2. The molecule has 0 amide bonds. The van der Waals surface area contributed by atoms with Crippen LogP contribution in [0.25, 0.3) is 0 Å². The molecule has 1 heterocycles. The third kappa shape index (κ3) is 5.54. The predicted molar refractivity (Wildman–Crippen MR) is 64.9 cm³/mol. The molecule has 0 spiro atoms. The van der Waals surface area contributed by atoms with Crippen LogP contribution in [0.1, 0.15) is 13.8 Å². The molecule has 100 valence electrons. The van der Waals surface area contributed by atoms with Crippen LogP contribution < -0.4 is 5.32 Å². The highest BCUT2D eigenvalue weighted by Gasteiger charge is 2.32. The Hall–Kier alpha value is -0.560. The molecular formula is C10H18F3N3S. The van der Waals surface area contributed by atoms with E-state index in [4.69, 9.17) is 12.2 Å². The Kier molecular flexibility index (Phi) is 5.00. The molecule has 0 aromatic carbocycles. The van der Waals surface area contributed by atoms with Crippen LogP contribution >= 0.6 is 12.2 Å². The van der Waals surface area contributed by atoms with Gasteiger partial charge < -0.3 is 10.2 Å². The molecule has 0 aliphatic carbocycles. The predicted octanol–water partition coefficient (Wildman–Crippen LogP) is 1.45. The van der Waals surface area contributed by atoms with Crippen molar-refractivity contribution in [3.63, 3.8) is 0 Å². The lowest BCUT2D eigenvalue weighted by atomic mass is 10.3. The van der Waals surface area contributed by atoms with Crippen LogP contribution in [0.2, 0.25) is 0 Å². The van der Waals surface area contributed by atoms with Crippen molar-refractivity contribution in [3.05, 3.63) is 0 Å². The first kappa shape index (κ1) is 14.5. The highest BCUT2D eigenvalue weighted by Crippen LogP contribution is 2.17. The van der Waals surface area contributed by atoms with Crippen LogP contribution in [0.15, 0.2) is 0 Å². The number of nitrogens with one attached hydrogen (secondary N) is 1. The average Bonchev–Trinajstić information content (AvgIpc) is 2.15. The lowest BCUT2D eigenvalue weighted by Gasteiger charge is -2.36. The SMILES string of the molecule is CC(C)NC(=S)N1CCN(CC(F)(F)F)CC1. The standard InChI is InChI=1S/C10H18F3N3S/c1-8(2)14-9(17)16-5-3-15(4-6-16)7-10(11,12)13/h8H,3-7H2,1-2H3,(H,14,17). The largest absolute Gasteiger partial charge is 0.401 e. The summed E-state index contributed by atoms with van der Waals surface area (Å²) in [5.41, 5.74) is 0. The van der Waals surface area contributed by atoms with Gasteiger partial charge in [-0.25, -0.2) is 0 Å². The molecule has 1 rings (SSSR count). The Balaban J connectivity index is 2.33. The molecule has 1 aliphatic heterocycles. The van der Waals surface area contributed by atoms with E-state index in [1.54, 1.807) is 0 Å². The van der Waals surface area contributed by atoms with Gasteiger partial charge in [0.2, 0.25) is 0 Å². The third-order valence-electron chi connectivity index (χ3n) is 2.47. The summed E-state index contributed by atoms with van der Waals surface area (Å²) in [7, 11) is 0. The first-order valence-electron chi connectivity index (χ1n) is 5.62. The molecule has 1 N–H and O–H groups in total. The van der Waals surface area contributed by atoms with E-state index in [1.807, 2.05) is 18.7 Å². The number of piperazine rings is 1. The molecule has 0 unspecified atom stereocenters. The Morgan fingerprint density at radius 3 is 2.18 bits per heavy atom. The fraction of sp³-hybridized carbons (Fsp3) is 0.900. The van der Waals surface area contributed by atoms with Crippen LogP contribution in [0.4, 0.5) is 13.2 Å². The Bertz CT molecular complexity index is 260. The summed E-state index contributed by atoms with van der Waals surface area (Å²) < 4.78 is 36.5. The molecule has 1 fully saturated rings. The summed E-state index contributed by atoms with van der Waals surface area (Å²) in [6.45, 7) is 5.03. The van der Waals surface area contributed by atoms with Gasteiger partial charge in [-0.2, -0.15) is 13.2 Å². The third-order valence-corrected chi connectivity index (χ3v) is 2.85. The van der Waals surface area contributed by atoms with Gasteiger partial charge in [0, 0.05) is 32.2 Å². The van der Waals surface area contributed by atoms with Gasteiger partial charge in [-0.1, -0.05) is 0 Å². The number of alkyl halides is 3. The minimum atomic E-state index is -4.11. The lowest BCUT2D eigenvalue weighted by molar-refractivity contribution is -0.148. The van der Waals surface area contributed by atoms with E-state index < -0.39 is 12.7 Å². The van der Waals surface area contributed by atoms with Crippen molar-refractivity contribution in [2.24, 2.45) is 0 Å². The second kappa shape index (κ2) is 5.86. The molecule has 0 bridgehead atoms. The van der Waals surface area contributed by atoms with E-state index in [1.165, 1.54) is 4.90 Å². The Morgan fingerprint density at radius 2 is 1.76 bits per heavy atom.